The van der Waals surface area contributed by atoms with Gasteiger partial charge in [-0.25, -0.2) is 15.0 Å². The molecule has 0 spiro atoms. The van der Waals surface area contributed by atoms with Crippen molar-refractivity contribution in [1.29, 1.82) is 0 Å². The number of rotatable bonds is 7. The van der Waals surface area contributed by atoms with E-state index in [-0.39, 0.29) is 18.1 Å². The summed E-state index contributed by atoms with van der Waals surface area (Å²) in [6.45, 7) is 11.2. The molecule has 1 atom stereocenters. The number of nitrogens with one attached hydrogen (secondary N) is 3. The number of urea groups is 1. The monoisotopic (exact) mass is 314 g/mol. The van der Waals surface area contributed by atoms with Crippen LogP contribution >= 0.6 is 0 Å². The number of alkyl carbamates (subject to hydrolysis) is 1. The average molecular weight is 314 g/mol. The SMILES string of the molecule is CCCC[C@@H](/C=N/NC(=O)NC(C)C)NC(=O)OC(C)(C)C. The number of carbonyl (C=O) groups is 2. The van der Waals surface area contributed by atoms with Crippen molar-refractivity contribution in [2.75, 3.05) is 0 Å². The lowest BCUT2D eigenvalue weighted by molar-refractivity contribution is 0.0517. The van der Waals surface area contributed by atoms with Gasteiger partial charge >= 0.3 is 12.1 Å². The molecule has 0 heterocycles. The lowest BCUT2D eigenvalue weighted by atomic mass is 10.1. The highest BCUT2D eigenvalue weighted by Crippen LogP contribution is 2.07. The van der Waals surface area contributed by atoms with E-state index in [1.54, 1.807) is 20.8 Å². The zero-order valence-electron chi connectivity index (χ0n) is 14.5. The zero-order valence-corrected chi connectivity index (χ0v) is 14.5. The Bertz CT molecular complexity index is 375. The molecule has 0 aliphatic rings. The van der Waals surface area contributed by atoms with Gasteiger partial charge in [-0.15, -0.1) is 0 Å². The number of unbranched alkanes of at least 4 members (excludes halogenated alkanes) is 1. The normalized spacial score (nSPS) is 13.0. The molecule has 7 heteroatoms. The molecule has 0 rings (SSSR count). The van der Waals surface area contributed by atoms with Crippen LogP contribution in [0, 0.1) is 0 Å². The maximum absolute atomic E-state index is 11.8. The van der Waals surface area contributed by atoms with E-state index in [9.17, 15) is 9.59 Å². The minimum atomic E-state index is -0.550. The maximum atomic E-state index is 11.8. The molecule has 0 saturated carbocycles. The van der Waals surface area contributed by atoms with Crippen LogP contribution in [-0.2, 0) is 4.74 Å². The Morgan fingerprint density at radius 2 is 1.86 bits per heavy atom. The molecule has 0 aliphatic carbocycles. The molecule has 0 bridgehead atoms. The summed E-state index contributed by atoms with van der Waals surface area (Å²) in [5, 5.41) is 9.27. The topological polar surface area (TPSA) is 91.8 Å². The van der Waals surface area contributed by atoms with E-state index in [0.717, 1.165) is 19.3 Å². The predicted octanol–water partition coefficient (Wildman–Crippen LogP) is 2.76. The molecular formula is C15H30N4O3. The lowest BCUT2D eigenvalue weighted by Gasteiger charge is -2.22. The van der Waals surface area contributed by atoms with Gasteiger partial charge in [0.05, 0.1) is 6.04 Å². The van der Waals surface area contributed by atoms with Gasteiger partial charge in [-0.1, -0.05) is 19.8 Å². The molecule has 0 unspecified atom stereocenters. The summed E-state index contributed by atoms with van der Waals surface area (Å²) in [6, 6.07) is -0.627. The molecule has 128 valence electrons. The highest BCUT2D eigenvalue weighted by molar-refractivity contribution is 5.78. The zero-order chi connectivity index (χ0) is 17.2. The summed E-state index contributed by atoms with van der Waals surface area (Å²) < 4.78 is 5.22. The fourth-order valence-electron chi connectivity index (χ4n) is 1.55. The Kier molecular flexibility index (Phi) is 9.21. The second-order valence-corrected chi connectivity index (χ2v) is 6.41. The van der Waals surface area contributed by atoms with E-state index in [0.29, 0.717) is 0 Å². The number of hydrogen-bond acceptors (Lipinski definition) is 4. The molecule has 0 fully saturated rings. The molecular weight excluding hydrogens is 284 g/mol. The van der Waals surface area contributed by atoms with Crippen molar-refractivity contribution in [1.82, 2.24) is 16.1 Å². The van der Waals surface area contributed by atoms with Crippen LogP contribution in [0.3, 0.4) is 0 Å². The van der Waals surface area contributed by atoms with Crippen LogP contribution in [0.4, 0.5) is 9.59 Å². The first-order chi connectivity index (χ1) is 10.1. The third-order valence-electron chi connectivity index (χ3n) is 2.41. The van der Waals surface area contributed by atoms with Crippen molar-refractivity contribution in [3.63, 3.8) is 0 Å². The van der Waals surface area contributed by atoms with Gasteiger partial charge in [-0.3, -0.25) is 0 Å². The van der Waals surface area contributed by atoms with Crippen molar-refractivity contribution >= 4 is 18.3 Å². The number of hydrazone groups is 1. The van der Waals surface area contributed by atoms with E-state index in [1.165, 1.54) is 6.21 Å². The first-order valence-electron chi connectivity index (χ1n) is 7.73. The first kappa shape index (κ1) is 20.2. The summed E-state index contributed by atoms with van der Waals surface area (Å²) >= 11 is 0. The second kappa shape index (κ2) is 10.0. The molecule has 3 N–H and O–H groups in total. The summed E-state index contributed by atoms with van der Waals surface area (Å²) in [5.74, 6) is 0. The van der Waals surface area contributed by atoms with Gasteiger partial charge in [0.2, 0.25) is 0 Å². The highest BCUT2D eigenvalue weighted by atomic mass is 16.6. The Hall–Kier alpha value is -1.79. The average Bonchev–Trinajstić information content (AvgIpc) is 2.32. The van der Waals surface area contributed by atoms with Crippen molar-refractivity contribution < 1.29 is 14.3 Å². The van der Waals surface area contributed by atoms with Crippen LogP contribution in [0.5, 0.6) is 0 Å². The molecule has 0 radical (unpaired) electrons. The van der Waals surface area contributed by atoms with Gasteiger partial charge < -0.3 is 15.4 Å². The fourth-order valence-corrected chi connectivity index (χ4v) is 1.55. The summed E-state index contributed by atoms with van der Waals surface area (Å²) in [4.78, 5) is 23.2. The van der Waals surface area contributed by atoms with Crippen LogP contribution in [0.1, 0.15) is 60.8 Å². The number of ether oxygens (including phenoxy) is 1. The lowest BCUT2D eigenvalue weighted by Crippen LogP contribution is -2.41. The molecule has 0 saturated heterocycles. The summed E-state index contributed by atoms with van der Waals surface area (Å²) in [6.07, 6.45) is 3.69. The third kappa shape index (κ3) is 12.0. The van der Waals surface area contributed by atoms with E-state index in [1.807, 2.05) is 13.8 Å². The van der Waals surface area contributed by atoms with E-state index in [2.05, 4.69) is 28.1 Å². The quantitative estimate of drug-likeness (QED) is 0.498. The molecule has 0 aromatic carbocycles. The number of carbonyl (C=O) groups excluding carboxylic acids is 2. The van der Waals surface area contributed by atoms with Gasteiger partial charge in [-0.05, 0) is 41.0 Å². The molecule has 3 amide bonds. The first-order valence-corrected chi connectivity index (χ1v) is 7.73. The predicted molar refractivity (Wildman–Crippen MR) is 88.0 cm³/mol. The maximum Gasteiger partial charge on any atom is 0.408 e. The molecule has 7 nitrogen and oxygen atoms in total. The minimum absolute atomic E-state index is 0.0333. The largest absolute Gasteiger partial charge is 0.444 e. The van der Waals surface area contributed by atoms with E-state index in [4.69, 9.17) is 4.74 Å². The van der Waals surface area contributed by atoms with E-state index >= 15 is 0 Å². The summed E-state index contributed by atoms with van der Waals surface area (Å²) in [7, 11) is 0. The van der Waals surface area contributed by atoms with E-state index < -0.39 is 11.7 Å². The van der Waals surface area contributed by atoms with Crippen LogP contribution in [0.25, 0.3) is 0 Å². The molecule has 0 aromatic rings. The third-order valence-corrected chi connectivity index (χ3v) is 2.41. The number of amides is 3. The van der Waals surface area contributed by atoms with Crippen LogP contribution in [-0.4, -0.2) is 36.0 Å². The summed E-state index contributed by atoms with van der Waals surface area (Å²) in [5.41, 5.74) is 1.82. The van der Waals surface area contributed by atoms with Crippen LogP contribution in [0.15, 0.2) is 5.10 Å². The Morgan fingerprint density at radius 3 is 2.36 bits per heavy atom. The highest BCUT2D eigenvalue weighted by Gasteiger charge is 2.18. The molecule has 22 heavy (non-hydrogen) atoms. The fraction of sp³-hybridized carbons (Fsp3) is 0.800. The van der Waals surface area contributed by atoms with Gasteiger partial charge in [0.15, 0.2) is 0 Å². The smallest absolute Gasteiger partial charge is 0.408 e. The van der Waals surface area contributed by atoms with Crippen molar-refractivity contribution in [2.45, 2.75) is 78.5 Å². The standard InChI is InChI=1S/C15H30N4O3/c1-7-8-9-12(18-14(21)22-15(4,5)6)10-16-19-13(20)17-11(2)3/h10-12H,7-9H2,1-6H3,(H,18,21)(H2,17,19,20)/b16-10+/t12-/m0/s1. The minimum Gasteiger partial charge on any atom is -0.444 e. The van der Waals surface area contributed by atoms with Gasteiger partial charge in [0, 0.05) is 12.3 Å². The second-order valence-electron chi connectivity index (χ2n) is 6.41. The number of nitrogens with zero attached hydrogens (tertiary/aromatic N) is 1. The van der Waals surface area contributed by atoms with Gasteiger partial charge in [-0.2, -0.15) is 5.10 Å². The number of hydrogen-bond donors (Lipinski definition) is 3. The van der Waals surface area contributed by atoms with Crippen molar-refractivity contribution in [3.8, 4) is 0 Å². The Labute approximate surface area is 133 Å². The van der Waals surface area contributed by atoms with Crippen LogP contribution in [0.2, 0.25) is 0 Å². The van der Waals surface area contributed by atoms with Gasteiger partial charge in [0.25, 0.3) is 0 Å². The Balaban J connectivity index is 4.44. The van der Waals surface area contributed by atoms with Crippen molar-refractivity contribution in [3.05, 3.63) is 0 Å². The Morgan fingerprint density at radius 1 is 1.23 bits per heavy atom. The van der Waals surface area contributed by atoms with Crippen LogP contribution < -0.4 is 16.1 Å². The van der Waals surface area contributed by atoms with Crippen molar-refractivity contribution in [2.24, 2.45) is 5.10 Å². The van der Waals surface area contributed by atoms with Gasteiger partial charge in [0.1, 0.15) is 5.60 Å². The molecule has 0 aromatic heterocycles. The molecule has 0 aliphatic heterocycles.